The van der Waals surface area contributed by atoms with Crippen LogP contribution in [-0.4, -0.2) is 10.7 Å². The third kappa shape index (κ3) is 3.22. The fourth-order valence-corrected chi connectivity index (χ4v) is 3.86. The minimum Gasteiger partial charge on any atom is -0.230 e. The van der Waals surface area contributed by atoms with Crippen molar-refractivity contribution in [2.24, 2.45) is 5.41 Å². The Morgan fingerprint density at radius 1 is 1.25 bits per heavy atom. The van der Waals surface area contributed by atoms with Crippen molar-refractivity contribution in [2.45, 2.75) is 31.5 Å². The number of thiazole rings is 1. The first-order valence-corrected chi connectivity index (χ1v) is 7.33. The normalized spacial score (nSPS) is 12.2. The van der Waals surface area contributed by atoms with Crippen LogP contribution in [0.5, 0.6) is 0 Å². The summed E-state index contributed by atoms with van der Waals surface area (Å²) in [7, 11) is 0. The Labute approximate surface area is 105 Å². The van der Waals surface area contributed by atoms with Crippen LogP contribution in [0.25, 0.3) is 10.2 Å². The average molecular weight is 251 g/mol. The molecule has 0 bridgehead atoms. The molecule has 0 aliphatic rings. The quantitative estimate of drug-likeness (QED) is 0.725. The van der Waals surface area contributed by atoms with Gasteiger partial charge in [0.2, 0.25) is 0 Å². The second kappa shape index (κ2) is 4.76. The largest absolute Gasteiger partial charge is 0.230 e. The highest BCUT2D eigenvalue weighted by molar-refractivity contribution is 8.01. The third-order valence-electron chi connectivity index (χ3n) is 2.35. The van der Waals surface area contributed by atoms with Gasteiger partial charge in [0.15, 0.2) is 4.34 Å². The van der Waals surface area contributed by atoms with E-state index >= 15 is 0 Å². The fraction of sp³-hybridized carbons (Fsp3) is 0.462. The summed E-state index contributed by atoms with van der Waals surface area (Å²) in [5, 5.41) is 0. The first kappa shape index (κ1) is 11.9. The van der Waals surface area contributed by atoms with Gasteiger partial charge in [-0.25, -0.2) is 4.98 Å². The average Bonchev–Trinajstić information content (AvgIpc) is 2.57. The monoisotopic (exact) mass is 251 g/mol. The zero-order chi connectivity index (χ0) is 11.6. The Balaban J connectivity index is 2.00. The Morgan fingerprint density at radius 3 is 2.69 bits per heavy atom. The van der Waals surface area contributed by atoms with Gasteiger partial charge in [0, 0.05) is 5.75 Å². The molecule has 0 N–H and O–H groups in total. The van der Waals surface area contributed by atoms with Crippen molar-refractivity contribution in [1.82, 2.24) is 4.98 Å². The molecule has 0 saturated carbocycles. The number of benzene rings is 1. The van der Waals surface area contributed by atoms with Gasteiger partial charge in [-0.15, -0.1) is 11.3 Å². The summed E-state index contributed by atoms with van der Waals surface area (Å²) in [5.74, 6) is 1.16. The van der Waals surface area contributed by atoms with E-state index in [0.717, 1.165) is 11.3 Å². The molecule has 2 aromatic rings. The molecule has 0 amide bonds. The first-order chi connectivity index (χ1) is 7.54. The molecule has 2 rings (SSSR count). The molecule has 0 fully saturated rings. The number of aromatic nitrogens is 1. The Morgan fingerprint density at radius 2 is 2.00 bits per heavy atom. The van der Waals surface area contributed by atoms with Crippen LogP contribution in [-0.2, 0) is 0 Å². The van der Waals surface area contributed by atoms with E-state index in [-0.39, 0.29) is 0 Å². The van der Waals surface area contributed by atoms with E-state index in [1.807, 2.05) is 17.8 Å². The molecule has 1 heterocycles. The molecule has 0 spiro atoms. The van der Waals surface area contributed by atoms with Gasteiger partial charge in [0.05, 0.1) is 10.2 Å². The predicted molar refractivity (Wildman–Crippen MR) is 74.4 cm³/mol. The SMILES string of the molecule is CC(C)(C)CCSc1nc2ccccc2s1. The number of para-hydroxylation sites is 1. The third-order valence-corrected chi connectivity index (χ3v) is 4.53. The molecule has 0 aliphatic carbocycles. The highest BCUT2D eigenvalue weighted by Gasteiger charge is 2.10. The summed E-state index contributed by atoms with van der Waals surface area (Å²) in [5.41, 5.74) is 1.55. The highest BCUT2D eigenvalue weighted by atomic mass is 32.2. The first-order valence-electron chi connectivity index (χ1n) is 5.53. The van der Waals surface area contributed by atoms with E-state index in [0.29, 0.717) is 5.41 Å². The van der Waals surface area contributed by atoms with Crippen molar-refractivity contribution in [3.05, 3.63) is 24.3 Å². The van der Waals surface area contributed by atoms with E-state index < -0.39 is 0 Å². The van der Waals surface area contributed by atoms with Gasteiger partial charge in [-0.1, -0.05) is 44.7 Å². The second-order valence-corrected chi connectivity index (χ2v) is 7.48. The van der Waals surface area contributed by atoms with Crippen LogP contribution in [0, 0.1) is 5.41 Å². The smallest absolute Gasteiger partial charge is 0.151 e. The molecule has 1 aromatic heterocycles. The molecule has 0 unspecified atom stereocenters. The van der Waals surface area contributed by atoms with Crippen molar-refractivity contribution < 1.29 is 0 Å². The molecular weight excluding hydrogens is 234 g/mol. The maximum absolute atomic E-state index is 4.61. The highest BCUT2D eigenvalue weighted by Crippen LogP contribution is 2.31. The fourth-order valence-electron chi connectivity index (χ4n) is 1.36. The van der Waals surface area contributed by atoms with Crippen LogP contribution >= 0.6 is 23.1 Å². The van der Waals surface area contributed by atoms with E-state index in [9.17, 15) is 0 Å². The summed E-state index contributed by atoms with van der Waals surface area (Å²) < 4.78 is 2.49. The topological polar surface area (TPSA) is 12.9 Å². The van der Waals surface area contributed by atoms with Crippen LogP contribution in [0.3, 0.4) is 0 Å². The molecule has 1 aromatic carbocycles. The van der Waals surface area contributed by atoms with Crippen molar-refractivity contribution in [2.75, 3.05) is 5.75 Å². The zero-order valence-corrected chi connectivity index (χ0v) is 11.6. The van der Waals surface area contributed by atoms with Gasteiger partial charge in [0.25, 0.3) is 0 Å². The second-order valence-electron chi connectivity index (χ2n) is 5.11. The lowest BCUT2D eigenvalue weighted by Crippen LogP contribution is -2.05. The number of hydrogen-bond donors (Lipinski definition) is 0. The Hall–Kier alpha value is -0.540. The molecule has 0 aliphatic heterocycles. The van der Waals surface area contributed by atoms with Gasteiger partial charge in [-0.05, 0) is 24.0 Å². The van der Waals surface area contributed by atoms with Crippen molar-refractivity contribution in [3.8, 4) is 0 Å². The molecule has 0 radical (unpaired) electrons. The maximum atomic E-state index is 4.61. The molecule has 0 atom stereocenters. The van der Waals surface area contributed by atoms with Gasteiger partial charge in [0.1, 0.15) is 0 Å². The van der Waals surface area contributed by atoms with Gasteiger partial charge >= 0.3 is 0 Å². The number of rotatable bonds is 3. The van der Waals surface area contributed by atoms with Crippen molar-refractivity contribution >= 4 is 33.3 Å². The molecule has 86 valence electrons. The van der Waals surface area contributed by atoms with Crippen LogP contribution in [0.4, 0.5) is 0 Å². The van der Waals surface area contributed by atoms with Crippen molar-refractivity contribution in [1.29, 1.82) is 0 Å². The molecule has 16 heavy (non-hydrogen) atoms. The van der Waals surface area contributed by atoms with Gasteiger partial charge < -0.3 is 0 Å². The van der Waals surface area contributed by atoms with E-state index in [1.54, 1.807) is 11.3 Å². The predicted octanol–water partition coefficient (Wildman–Crippen LogP) is 4.82. The van der Waals surface area contributed by atoms with E-state index in [2.05, 4.69) is 44.0 Å². The standard InChI is InChI=1S/C13H17NS2/c1-13(2,3)8-9-15-12-14-10-6-4-5-7-11(10)16-12/h4-7H,8-9H2,1-3H3. The molecule has 0 saturated heterocycles. The van der Waals surface area contributed by atoms with Crippen molar-refractivity contribution in [3.63, 3.8) is 0 Å². The van der Waals surface area contributed by atoms with Crippen LogP contribution in [0.2, 0.25) is 0 Å². The summed E-state index contributed by atoms with van der Waals surface area (Å²) in [6.07, 6.45) is 1.23. The zero-order valence-electron chi connectivity index (χ0n) is 9.99. The van der Waals surface area contributed by atoms with E-state index in [1.165, 1.54) is 15.5 Å². The minimum atomic E-state index is 0.420. The van der Waals surface area contributed by atoms with Crippen LogP contribution < -0.4 is 0 Å². The van der Waals surface area contributed by atoms with Gasteiger partial charge in [-0.2, -0.15) is 0 Å². The summed E-state index contributed by atoms with van der Waals surface area (Å²) in [6, 6.07) is 8.34. The summed E-state index contributed by atoms with van der Waals surface area (Å²) in [4.78, 5) is 4.61. The van der Waals surface area contributed by atoms with Crippen LogP contribution in [0.1, 0.15) is 27.2 Å². The lowest BCUT2D eigenvalue weighted by Gasteiger charge is -2.16. The lowest BCUT2D eigenvalue weighted by molar-refractivity contribution is 0.401. The van der Waals surface area contributed by atoms with E-state index in [4.69, 9.17) is 0 Å². The Bertz CT molecular complexity index is 435. The summed E-state index contributed by atoms with van der Waals surface area (Å²) >= 11 is 3.68. The number of thioether (sulfide) groups is 1. The van der Waals surface area contributed by atoms with Crippen LogP contribution in [0.15, 0.2) is 28.6 Å². The lowest BCUT2D eigenvalue weighted by atomic mass is 9.94. The molecule has 1 nitrogen and oxygen atoms in total. The summed E-state index contributed by atoms with van der Waals surface area (Å²) in [6.45, 7) is 6.85. The maximum Gasteiger partial charge on any atom is 0.151 e. The number of nitrogens with zero attached hydrogens (tertiary/aromatic N) is 1. The molecular formula is C13H17NS2. The number of fused-ring (bicyclic) bond motifs is 1. The number of hydrogen-bond acceptors (Lipinski definition) is 3. The molecule has 3 heteroatoms. The Kier molecular flexibility index (Phi) is 3.55. The minimum absolute atomic E-state index is 0.420. The van der Waals surface area contributed by atoms with Gasteiger partial charge in [-0.3, -0.25) is 0 Å².